The van der Waals surface area contributed by atoms with E-state index in [4.69, 9.17) is 11.6 Å². The predicted molar refractivity (Wildman–Crippen MR) is 101 cm³/mol. The van der Waals surface area contributed by atoms with Gasteiger partial charge in [-0.2, -0.15) is 4.39 Å². The van der Waals surface area contributed by atoms with Crippen LogP contribution in [-0.2, 0) is 0 Å². The summed E-state index contributed by atoms with van der Waals surface area (Å²) in [6, 6.07) is 15.7. The van der Waals surface area contributed by atoms with Gasteiger partial charge in [-0.25, -0.2) is 9.97 Å². The molecule has 0 saturated heterocycles. The van der Waals surface area contributed by atoms with E-state index in [1.165, 1.54) is 0 Å². The van der Waals surface area contributed by atoms with E-state index >= 15 is 0 Å². The molecule has 4 aromatic rings. The number of benzene rings is 1. The number of hydrogen-bond acceptors (Lipinski definition) is 3. The van der Waals surface area contributed by atoms with E-state index in [0.29, 0.717) is 16.2 Å². The highest BCUT2D eigenvalue weighted by molar-refractivity contribution is 6.29. The number of pyridine rings is 3. The molecular formula is C20H13ClFN3O. The quantitative estimate of drug-likeness (QED) is 0.521. The Morgan fingerprint density at radius 1 is 1.00 bits per heavy atom. The fraction of sp³-hybridized carbons (Fsp3) is 0.0500. The molecule has 4 rings (SSSR count). The summed E-state index contributed by atoms with van der Waals surface area (Å²) in [6.07, 6.45) is 0. The fourth-order valence-electron chi connectivity index (χ4n) is 2.96. The van der Waals surface area contributed by atoms with Gasteiger partial charge in [-0.05, 0) is 30.7 Å². The molecule has 128 valence electrons. The predicted octanol–water partition coefficient (Wildman–Crippen LogP) is 4.75. The molecule has 0 spiro atoms. The second kappa shape index (κ2) is 6.35. The molecule has 1 N–H and O–H groups in total. The minimum Gasteiger partial charge on any atom is -0.316 e. The maximum absolute atomic E-state index is 13.6. The fourth-order valence-corrected chi connectivity index (χ4v) is 3.21. The third kappa shape index (κ3) is 2.97. The second-order valence-electron chi connectivity index (χ2n) is 5.95. The lowest BCUT2D eigenvalue weighted by atomic mass is 9.98. The molecule has 0 aliphatic rings. The highest BCUT2D eigenvalue weighted by Crippen LogP contribution is 2.33. The van der Waals surface area contributed by atoms with Gasteiger partial charge in [0.15, 0.2) is 11.4 Å². The number of H-pyrrole nitrogens is 1. The van der Waals surface area contributed by atoms with Crippen molar-refractivity contribution in [3.63, 3.8) is 0 Å². The van der Waals surface area contributed by atoms with Crippen LogP contribution in [0.3, 0.4) is 0 Å². The second-order valence-corrected chi connectivity index (χ2v) is 6.34. The van der Waals surface area contributed by atoms with Crippen LogP contribution in [-0.4, -0.2) is 15.0 Å². The maximum atomic E-state index is 13.6. The Kier molecular flexibility index (Phi) is 4.01. The van der Waals surface area contributed by atoms with Gasteiger partial charge in [-0.3, -0.25) is 4.79 Å². The average molecular weight is 366 g/mol. The van der Waals surface area contributed by atoms with Gasteiger partial charge < -0.3 is 4.98 Å². The Morgan fingerprint density at radius 2 is 1.77 bits per heavy atom. The van der Waals surface area contributed by atoms with E-state index in [0.717, 1.165) is 28.5 Å². The van der Waals surface area contributed by atoms with Crippen LogP contribution in [0, 0.1) is 12.9 Å². The van der Waals surface area contributed by atoms with Crippen LogP contribution < -0.4 is 5.43 Å². The molecule has 0 unspecified atom stereocenters. The molecule has 0 atom stereocenters. The van der Waals surface area contributed by atoms with Crippen molar-refractivity contribution in [2.75, 3.05) is 0 Å². The number of hydrogen-bond donors (Lipinski definition) is 1. The van der Waals surface area contributed by atoms with E-state index in [1.54, 1.807) is 12.1 Å². The molecule has 26 heavy (non-hydrogen) atoms. The zero-order valence-corrected chi connectivity index (χ0v) is 14.5. The first kappa shape index (κ1) is 16.4. The summed E-state index contributed by atoms with van der Waals surface area (Å²) >= 11 is 6.12. The zero-order chi connectivity index (χ0) is 18.3. The van der Waals surface area contributed by atoms with Gasteiger partial charge in [0.05, 0.1) is 11.1 Å². The van der Waals surface area contributed by atoms with Gasteiger partial charge in [-0.15, -0.1) is 0 Å². The minimum absolute atomic E-state index is 0.203. The monoisotopic (exact) mass is 365 g/mol. The summed E-state index contributed by atoms with van der Waals surface area (Å²) in [7, 11) is 0. The molecule has 0 radical (unpaired) electrons. The average Bonchev–Trinajstić information content (AvgIpc) is 2.60. The van der Waals surface area contributed by atoms with Crippen molar-refractivity contribution < 1.29 is 4.39 Å². The number of fused-ring (bicyclic) bond motifs is 1. The number of rotatable bonds is 2. The first-order valence-corrected chi connectivity index (χ1v) is 8.32. The van der Waals surface area contributed by atoms with Crippen LogP contribution in [0.1, 0.15) is 5.69 Å². The third-order valence-electron chi connectivity index (χ3n) is 4.06. The topological polar surface area (TPSA) is 58.6 Å². The maximum Gasteiger partial charge on any atom is 0.196 e. The lowest BCUT2D eigenvalue weighted by molar-refractivity contribution is 0.587. The van der Waals surface area contributed by atoms with Gasteiger partial charge >= 0.3 is 0 Å². The van der Waals surface area contributed by atoms with Crippen molar-refractivity contribution in [2.24, 2.45) is 0 Å². The number of aromatic amines is 1. The third-order valence-corrected chi connectivity index (χ3v) is 4.26. The number of halogens is 2. The van der Waals surface area contributed by atoms with Crippen LogP contribution in [0.2, 0.25) is 5.15 Å². The molecule has 3 aromatic heterocycles. The van der Waals surface area contributed by atoms with Gasteiger partial charge in [0.2, 0.25) is 0 Å². The Morgan fingerprint density at radius 3 is 2.50 bits per heavy atom. The highest BCUT2D eigenvalue weighted by Gasteiger charge is 2.15. The number of aromatic nitrogens is 3. The first-order chi connectivity index (χ1) is 12.5. The SMILES string of the molecule is Cc1cc(-c2cc3c(=O)cc(F)[nH]c3nc2-c2ccccc2)cc(Cl)n1. The van der Waals surface area contributed by atoms with E-state index < -0.39 is 11.4 Å². The van der Waals surface area contributed by atoms with E-state index in [9.17, 15) is 9.18 Å². The largest absolute Gasteiger partial charge is 0.316 e. The molecule has 1 aromatic carbocycles. The standard InChI is InChI=1S/C20H13ClFN3O/c1-11-7-13(8-17(21)23-11)14-9-15-16(26)10-18(22)24-20(15)25-19(14)12-5-3-2-4-6-12/h2-10H,1H3,(H,24,25,26). The van der Waals surface area contributed by atoms with E-state index in [1.807, 2.05) is 43.3 Å². The lowest BCUT2D eigenvalue weighted by Crippen LogP contribution is -2.06. The summed E-state index contributed by atoms with van der Waals surface area (Å²) in [5.74, 6) is -0.718. The molecule has 3 heterocycles. The van der Waals surface area contributed by atoms with Crippen molar-refractivity contribution in [3.8, 4) is 22.4 Å². The molecule has 4 nitrogen and oxygen atoms in total. The Balaban J connectivity index is 2.11. The van der Waals surface area contributed by atoms with Crippen molar-refractivity contribution in [1.82, 2.24) is 15.0 Å². The van der Waals surface area contributed by atoms with Crippen LogP contribution in [0.15, 0.2) is 59.4 Å². The summed E-state index contributed by atoms with van der Waals surface area (Å²) in [5, 5.41) is 0.666. The lowest BCUT2D eigenvalue weighted by Gasteiger charge is -2.12. The normalized spacial score (nSPS) is 11.0. The molecule has 0 saturated carbocycles. The van der Waals surface area contributed by atoms with Crippen molar-refractivity contribution in [3.05, 3.63) is 81.6 Å². The van der Waals surface area contributed by atoms with Gasteiger partial charge in [0.1, 0.15) is 10.8 Å². The molecule has 6 heteroatoms. The smallest absolute Gasteiger partial charge is 0.196 e. The van der Waals surface area contributed by atoms with Gasteiger partial charge in [0.25, 0.3) is 0 Å². The van der Waals surface area contributed by atoms with E-state index in [2.05, 4.69) is 15.0 Å². The molecule has 0 bridgehead atoms. The molecule has 0 aliphatic carbocycles. The van der Waals surface area contributed by atoms with Crippen LogP contribution in [0.4, 0.5) is 4.39 Å². The van der Waals surface area contributed by atoms with E-state index in [-0.39, 0.29) is 5.65 Å². The first-order valence-electron chi connectivity index (χ1n) is 7.95. The summed E-state index contributed by atoms with van der Waals surface area (Å²) in [4.78, 5) is 23.5. The summed E-state index contributed by atoms with van der Waals surface area (Å²) in [5.41, 5.74) is 3.52. The van der Waals surface area contributed by atoms with Crippen LogP contribution in [0.25, 0.3) is 33.4 Å². The molecule has 0 aliphatic heterocycles. The molecule has 0 fully saturated rings. The summed E-state index contributed by atoms with van der Waals surface area (Å²) in [6.45, 7) is 1.84. The van der Waals surface area contributed by atoms with Crippen LogP contribution in [0.5, 0.6) is 0 Å². The van der Waals surface area contributed by atoms with Crippen molar-refractivity contribution in [2.45, 2.75) is 6.92 Å². The van der Waals surface area contributed by atoms with Crippen molar-refractivity contribution >= 4 is 22.6 Å². The Labute approximate surface area is 153 Å². The molecule has 0 amide bonds. The number of aryl methyl sites for hydroxylation is 1. The number of nitrogens with zero attached hydrogens (tertiary/aromatic N) is 2. The van der Waals surface area contributed by atoms with Gasteiger partial charge in [-0.1, -0.05) is 41.9 Å². The Hall–Kier alpha value is -3.05. The Bertz CT molecular complexity index is 1170. The van der Waals surface area contributed by atoms with Gasteiger partial charge in [0, 0.05) is 22.9 Å². The summed E-state index contributed by atoms with van der Waals surface area (Å²) < 4.78 is 13.6. The van der Waals surface area contributed by atoms with Crippen molar-refractivity contribution in [1.29, 1.82) is 0 Å². The molecular weight excluding hydrogens is 353 g/mol. The highest BCUT2D eigenvalue weighted by atomic mass is 35.5. The minimum atomic E-state index is -0.718. The number of nitrogens with one attached hydrogen (secondary N) is 1. The zero-order valence-electron chi connectivity index (χ0n) is 13.8. The van der Waals surface area contributed by atoms with Crippen LogP contribution >= 0.6 is 11.6 Å².